The Morgan fingerprint density at radius 1 is 0.886 bits per heavy atom. The van der Waals surface area contributed by atoms with Crippen molar-refractivity contribution >= 4 is 23.9 Å². The zero-order valence-electron chi connectivity index (χ0n) is 25.6. The summed E-state index contributed by atoms with van der Waals surface area (Å²) in [5.74, 6) is 0.587. The van der Waals surface area contributed by atoms with Crippen molar-refractivity contribution in [2.24, 2.45) is 0 Å². The van der Waals surface area contributed by atoms with E-state index in [-0.39, 0.29) is 12.1 Å². The smallest absolute Gasteiger partial charge is 0.331 e. The predicted octanol–water partition coefficient (Wildman–Crippen LogP) is 6.16. The van der Waals surface area contributed by atoms with Crippen LogP contribution in [-0.2, 0) is 29.2 Å². The molecule has 44 heavy (non-hydrogen) atoms. The maximum atomic E-state index is 13.5. The van der Waals surface area contributed by atoms with Crippen LogP contribution in [-0.4, -0.2) is 43.1 Å². The summed E-state index contributed by atoms with van der Waals surface area (Å²) in [6, 6.07) is 16.0. The number of barbiturate groups is 1. The number of carbonyl (C=O) groups is 3. The fourth-order valence-electron chi connectivity index (χ4n) is 4.67. The van der Waals surface area contributed by atoms with Crippen molar-refractivity contribution in [2.75, 3.05) is 20.3 Å². The Hall–Kier alpha value is -5.05. The number of carbonyl (C=O) groups excluding carboxylic acids is 3. The lowest BCUT2D eigenvalue weighted by molar-refractivity contribution is -0.130. The number of allylic oxidation sites excluding steroid dienone is 1. The SMILES string of the molecule is C=CCc1cc(/C=C2\C(=O)NC(=O)N(Cc3ccc(OCCC)c(OC)c3)C2=O)cc(OCC)c1OCc1ccc(C)cc1. The summed E-state index contributed by atoms with van der Waals surface area (Å²) in [5, 5.41) is 2.28. The van der Waals surface area contributed by atoms with Crippen molar-refractivity contribution in [1.82, 2.24) is 10.2 Å². The Balaban J connectivity index is 1.63. The molecule has 1 aliphatic rings. The first kappa shape index (κ1) is 31.9. The first-order valence-electron chi connectivity index (χ1n) is 14.5. The van der Waals surface area contributed by atoms with E-state index in [9.17, 15) is 14.4 Å². The van der Waals surface area contributed by atoms with E-state index in [1.54, 1.807) is 30.3 Å². The second kappa shape index (κ2) is 14.9. The molecule has 3 aromatic rings. The van der Waals surface area contributed by atoms with Gasteiger partial charge in [0, 0.05) is 5.56 Å². The Morgan fingerprint density at radius 3 is 2.32 bits per heavy atom. The summed E-state index contributed by atoms with van der Waals surface area (Å²) >= 11 is 0. The van der Waals surface area contributed by atoms with Crippen LogP contribution in [0.25, 0.3) is 6.08 Å². The molecule has 1 heterocycles. The fraction of sp³-hybridized carbons (Fsp3) is 0.286. The standard InChI is InChI=1S/C35H38N2O7/c1-6-9-27-17-26(20-31(42-8-3)32(27)44-22-24-12-10-23(4)11-13-24)18-28-33(38)36-35(40)37(34(28)39)21-25-14-15-29(43-16-7-2)30(19-25)41-5/h6,10-15,17-20H,1,7-9,16,21-22H2,2-5H3,(H,36,38,40)/b28-18+. The second-order valence-electron chi connectivity index (χ2n) is 10.2. The Bertz CT molecular complexity index is 1560. The number of benzene rings is 3. The van der Waals surface area contributed by atoms with Gasteiger partial charge in [0.25, 0.3) is 11.8 Å². The first-order valence-corrected chi connectivity index (χ1v) is 14.5. The zero-order chi connectivity index (χ0) is 31.6. The van der Waals surface area contributed by atoms with Crippen LogP contribution in [0.1, 0.15) is 48.1 Å². The number of nitrogens with one attached hydrogen (secondary N) is 1. The van der Waals surface area contributed by atoms with Crippen LogP contribution in [0.2, 0.25) is 0 Å². The molecule has 0 saturated carbocycles. The Labute approximate surface area is 258 Å². The van der Waals surface area contributed by atoms with Gasteiger partial charge in [0.2, 0.25) is 0 Å². The molecule has 0 radical (unpaired) electrons. The normalized spacial score (nSPS) is 14.0. The summed E-state index contributed by atoms with van der Waals surface area (Å²) in [6.45, 7) is 10.9. The van der Waals surface area contributed by atoms with Crippen LogP contribution < -0.4 is 24.3 Å². The number of hydrogen-bond acceptors (Lipinski definition) is 7. The highest BCUT2D eigenvalue weighted by atomic mass is 16.5. The maximum Gasteiger partial charge on any atom is 0.331 e. The summed E-state index contributed by atoms with van der Waals surface area (Å²) in [6.07, 6.45) is 4.50. The van der Waals surface area contributed by atoms with E-state index in [4.69, 9.17) is 18.9 Å². The molecule has 1 fully saturated rings. The van der Waals surface area contributed by atoms with E-state index >= 15 is 0 Å². The lowest BCUT2D eigenvalue weighted by atomic mass is 10.0. The van der Waals surface area contributed by atoms with Crippen molar-refractivity contribution in [3.05, 3.63) is 101 Å². The minimum absolute atomic E-state index is 0.0720. The molecule has 230 valence electrons. The van der Waals surface area contributed by atoms with Crippen molar-refractivity contribution in [2.45, 2.75) is 46.8 Å². The van der Waals surface area contributed by atoms with Gasteiger partial charge in [-0.2, -0.15) is 0 Å². The molecule has 4 amide bonds. The molecule has 9 heteroatoms. The lowest BCUT2D eigenvalue weighted by Crippen LogP contribution is -2.53. The number of hydrogen-bond donors (Lipinski definition) is 1. The van der Waals surface area contributed by atoms with Gasteiger partial charge in [0.1, 0.15) is 12.2 Å². The molecule has 9 nitrogen and oxygen atoms in total. The predicted molar refractivity (Wildman–Crippen MR) is 168 cm³/mol. The molecule has 0 bridgehead atoms. The molecule has 1 aliphatic heterocycles. The fourth-order valence-corrected chi connectivity index (χ4v) is 4.67. The van der Waals surface area contributed by atoms with Gasteiger partial charge in [-0.3, -0.25) is 19.8 Å². The lowest BCUT2D eigenvalue weighted by Gasteiger charge is -2.26. The molecular weight excluding hydrogens is 560 g/mol. The number of imide groups is 2. The average molecular weight is 599 g/mol. The topological polar surface area (TPSA) is 103 Å². The van der Waals surface area contributed by atoms with Crippen molar-refractivity contribution in [1.29, 1.82) is 0 Å². The Morgan fingerprint density at radius 2 is 1.64 bits per heavy atom. The van der Waals surface area contributed by atoms with E-state index in [1.165, 1.54) is 13.2 Å². The van der Waals surface area contributed by atoms with E-state index in [1.807, 2.05) is 51.1 Å². The molecule has 0 aromatic heterocycles. The van der Waals surface area contributed by atoms with Gasteiger partial charge in [-0.25, -0.2) is 4.79 Å². The van der Waals surface area contributed by atoms with Gasteiger partial charge in [-0.1, -0.05) is 48.9 Å². The maximum absolute atomic E-state index is 13.5. The summed E-state index contributed by atoms with van der Waals surface area (Å²) < 4.78 is 23.3. The molecule has 3 aromatic carbocycles. The third-order valence-electron chi connectivity index (χ3n) is 6.85. The number of rotatable bonds is 14. The molecule has 0 aliphatic carbocycles. The monoisotopic (exact) mass is 598 g/mol. The highest BCUT2D eigenvalue weighted by Crippen LogP contribution is 2.36. The van der Waals surface area contributed by atoms with Gasteiger partial charge in [-0.05, 0) is 73.7 Å². The van der Waals surface area contributed by atoms with Gasteiger partial charge >= 0.3 is 6.03 Å². The highest BCUT2D eigenvalue weighted by molar-refractivity contribution is 6.31. The minimum atomic E-state index is -0.801. The Kier molecular flexibility index (Phi) is 10.8. The van der Waals surface area contributed by atoms with E-state index in [0.29, 0.717) is 60.4 Å². The first-order chi connectivity index (χ1) is 21.3. The minimum Gasteiger partial charge on any atom is -0.493 e. The average Bonchev–Trinajstić information content (AvgIpc) is 3.01. The molecule has 4 rings (SSSR count). The van der Waals surface area contributed by atoms with Crippen LogP contribution in [0, 0.1) is 6.92 Å². The van der Waals surface area contributed by atoms with Gasteiger partial charge < -0.3 is 18.9 Å². The van der Waals surface area contributed by atoms with Crippen molar-refractivity contribution in [3.8, 4) is 23.0 Å². The molecule has 1 N–H and O–H groups in total. The quantitative estimate of drug-likeness (QED) is 0.135. The summed E-state index contributed by atoms with van der Waals surface area (Å²) in [7, 11) is 1.52. The van der Waals surface area contributed by atoms with Crippen LogP contribution in [0.15, 0.2) is 72.8 Å². The zero-order valence-corrected chi connectivity index (χ0v) is 25.6. The summed E-state index contributed by atoms with van der Waals surface area (Å²) in [4.78, 5) is 40.2. The number of nitrogens with zero attached hydrogens (tertiary/aromatic N) is 1. The van der Waals surface area contributed by atoms with E-state index < -0.39 is 17.8 Å². The summed E-state index contributed by atoms with van der Waals surface area (Å²) in [5.41, 5.74) is 3.93. The van der Waals surface area contributed by atoms with Crippen molar-refractivity contribution < 1.29 is 33.3 Å². The van der Waals surface area contributed by atoms with Crippen molar-refractivity contribution in [3.63, 3.8) is 0 Å². The second-order valence-corrected chi connectivity index (χ2v) is 10.2. The number of aryl methyl sites for hydroxylation is 1. The number of methoxy groups -OCH3 is 1. The molecule has 1 saturated heterocycles. The van der Waals surface area contributed by atoms with E-state index in [0.717, 1.165) is 28.0 Å². The van der Waals surface area contributed by atoms with Crippen LogP contribution in [0.4, 0.5) is 4.79 Å². The number of ether oxygens (including phenoxy) is 4. The molecule has 0 unspecified atom stereocenters. The van der Waals surface area contributed by atoms with Crippen LogP contribution in [0.3, 0.4) is 0 Å². The highest BCUT2D eigenvalue weighted by Gasteiger charge is 2.36. The van der Waals surface area contributed by atoms with Crippen LogP contribution >= 0.6 is 0 Å². The van der Waals surface area contributed by atoms with Gasteiger partial charge in [0.05, 0.1) is 26.9 Å². The number of amides is 4. The largest absolute Gasteiger partial charge is 0.493 e. The third kappa shape index (κ3) is 7.66. The molecule has 0 atom stereocenters. The molecular formula is C35H38N2O7. The third-order valence-corrected chi connectivity index (χ3v) is 6.85. The number of urea groups is 1. The van der Waals surface area contributed by atoms with Crippen LogP contribution in [0.5, 0.6) is 23.0 Å². The van der Waals surface area contributed by atoms with Gasteiger partial charge in [0.15, 0.2) is 23.0 Å². The molecule has 0 spiro atoms. The van der Waals surface area contributed by atoms with E-state index in [2.05, 4.69) is 11.9 Å². The van der Waals surface area contributed by atoms with Gasteiger partial charge in [-0.15, -0.1) is 6.58 Å².